The van der Waals surface area contributed by atoms with Crippen molar-refractivity contribution < 1.29 is 23.0 Å². The van der Waals surface area contributed by atoms with E-state index in [0.29, 0.717) is 33.5 Å². The molecule has 2 aromatic carbocycles. The third-order valence-corrected chi connectivity index (χ3v) is 5.36. The predicted octanol–water partition coefficient (Wildman–Crippen LogP) is 5.09. The molecule has 0 saturated heterocycles. The summed E-state index contributed by atoms with van der Waals surface area (Å²) >= 11 is 1.39. The van der Waals surface area contributed by atoms with E-state index in [9.17, 15) is 4.39 Å². The van der Waals surface area contributed by atoms with Gasteiger partial charge in [0.2, 0.25) is 10.6 Å². The lowest BCUT2D eigenvalue weighted by Gasteiger charge is -2.14. The predicted molar refractivity (Wildman–Crippen MR) is 121 cm³/mol. The van der Waals surface area contributed by atoms with Crippen LogP contribution in [0.5, 0.6) is 17.2 Å². The van der Waals surface area contributed by atoms with Crippen LogP contribution in [-0.4, -0.2) is 32.2 Å². The van der Waals surface area contributed by atoms with Crippen LogP contribution in [0.25, 0.3) is 11.3 Å². The Balaban J connectivity index is 1.89. The molecule has 0 spiro atoms. The van der Waals surface area contributed by atoms with Crippen molar-refractivity contribution in [2.24, 2.45) is 10.1 Å². The van der Waals surface area contributed by atoms with Crippen LogP contribution in [0.1, 0.15) is 5.76 Å². The number of ether oxygens (including phenoxy) is 3. The number of hydrogen-bond acceptors (Lipinski definition) is 7. The van der Waals surface area contributed by atoms with Gasteiger partial charge in [0.15, 0.2) is 11.5 Å². The zero-order valence-corrected chi connectivity index (χ0v) is 18.4. The maximum Gasteiger partial charge on any atom is 0.211 e. The third-order valence-electron chi connectivity index (χ3n) is 4.54. The average molecular weight is 453 g/mol. The highest BCUT2D eigenvalue weighted by molar-refractivity contribution is 7.07. The van der Waals surface area contributed by atoms with Gasteiger partial charge in [-0.05, 0) is 48.5 Å². The largest absolute Gasteiger partial charge is 0.493 e. The van der Waals surface area contributed by atoms with Gasteiger partial charge in [-0.25, -0.2) is 14.1 Å². The first kappa shape index (κ1) is 21.4. The Morgan fingerprint density at radius 1 is 1.00 bits per heavy atom. The van der Waals surface area contributed by atoms with Crippen LogP contribution in [0.2, 0.25) is 0 Å². The molecule has 0 N–H and O–H groups in total. The van der Waals surface area contributed by atoms with Crippen molar-refractivity contribution in [1.82, 2.24) is 4.68 Å². The Morgan fingerprint density at radius 3 is 2.31 bits per heavy atom. The molecule has 7 nitrogen and oxygen atoms in total. The first-order chi connectivity index (χ1) is 15.6. The number of nitrogens with zero attached hydrogens (tertiary/aromatic N) is 3. The molecule has 4 rings (SSSR count). The normalized spacial score (nSPS) is 11.8. The summed E-state index contributed by atoms with van der Waals surface area (Å²) < 4.78 is 36.7. The van der Waals surface area contributed by atoms with Crippen molar-refractivity contribution >= 4 is 23.2 Å². The molecular formula is C23H20FN3O4S. The van der Waals surface area contributed by atoms with Crippen molar-refractivity contribution in [2.75, 3.05) is 21.3 Å². The molecule has 0 radical (unpaired) electrons. The van der Waals surface area contributed by atoms with Gasteiger partial charge in [-0.1, -0.05) is 0 Å². The fraction of sp³-hybridized carbons (Fsp3) is 0.130. The lowest BCUT2D eigenvalue weighted by Crippen LogP contribution is -2.11. The summed E-state index contributed by atoms with van der Waals surface area (Å²) in [7, 11) is 4.68. The van der Waals surface area contributed by atoms with Crippen LogP contribution in [0.3, 0.4) is 0 Å². The van der Waals surface area contributed by atoms with Crippen molar-refractivity contribution in [2.45, 2.75) is 0 Å². The minimum atomic E-state index is -0.322. The van der Waals surface area contributed by atoms with Gasteiger partial charge in [0.1, 0.15) is 11.6 Å². The topological polar surface area (TPSA) is 70.5 Å². The van der Waals surface area contributed by atoms with Gasteiger partial charge < -0.3 is 18.6 Å². The van der Waals surface area contributed by atoms with Gasteiger partial charge in [-0.3, -0.25) is 0 Å². The number of thiazole rings is 1. The summed E-state index contributed by atoms with van der Waals surface area (Å²) in [5.41, 5.74) is 2.14. The Labute approximate surface area is 187 Å². The second-order valence-corrected chi connectivity index (χ2v) is 7.31. The molecule has 9 heteroatoms. The SMILES string of the molecule is COc1cc(-c2csc(=Nc3ccc(F)cc3)n2N=Cc2ccco2)cc(OC)c1OC. The van der Waals surface area contributed by atoms with Crippen LogP contribution < -0.4 is 19.0 Å². The molecule has 0 aliphatic heterocycles. The summed E-state index contributed by atoms with van der Waals surface area (Å²) in [6.45, 7) is 0. The second-order valence-electron chi connectivity index (χ2n) is 6.48. The lowest BCUT2D eigenvalue weighted by atomic mass is 10.1. The van der Waals surface area contributed by atoms with E-state index >= 15 is 0 Å². The van der Waals surface area contributed by atoms with Gasteiger partial charge in [-0.2, -0.15) is 5.10 Å². The Bertz CT molecular complexity index is 1270. The maximum atomic E-state index is 13.3. The molecule has 0 bridgehead atoms. The van der Waals surface area contributed by atoms with Crippen molar-refractivity contribution in [3.63, 3.8) is 0 Å². The number of methoxy groups -OCH3 is 3. The Kier molecular flexibility index (Phi) is 6.37. The van der Waals surface area contributed by atoms with Gasteiger partial charge >= 0.3 is 0 Å². The van der Waals surface area contributed by atoms with E-state index in [1.54, 1.807) is 62.7 Å². The van der Waals surface area contributed by atoms with Crippen LogP contribution in [0, 0.1) is 5.82 Å². The molecule has 0 atom stereocenters. The van der Waals surface area contributed by atoms with Crippen LogP contribution in [0.4, 0.5) is 10.1 Å². The Hall–Kier alpha value is -3.85. The smallest absolute Gasteiger partial charge is 0.211 e. The molecule has 32 heavy (non-hydrogen) atoms. The number of hydrogen-bond donors (Lipinski definition) is 0. The minimum Gasteiger partial charge on any atom is -0.493 e. The monoisotopic (exact) mass is 453 g/mol. The van der Waals surface area contributed by atoms with Crippen molar-refractivity contribution in [3.05, 3.63) is 76.6 Å². The minimum absolute atomic E-state index is 0.322. The molecule has 0 unspecified atom stereocenters. The van der Waals surface area contributed by atoms with E-state index < -0.39 is 0 Å². The second kappa shape index (κ2) is 9.52. The molecule has 0 aliphatic carbocycles. The van der Waals surface area contributed by atoms with Gasteiger partial charge in [0.25, 0.3) is 0 Å². The zero-order chi connectivity index (χ0) is 22.5. The molecule has 0 aliphatic rings. The van der Waals surface area contributed by atoms with Gasteiger partial charge in [0, 0.05) is 10.9 Å². The van der Waals surface area contributed by atoms with Gasteiger partial charge in [0.05, 0.1) is 45.2 Å². The van der Waals surface area contributed by atoms with Crippen molar-refractivity contribution in [1.29, 1.82) is 0 Å². The number of halogens is 1. The van der Waals surface area contributed by atoms with Crippen LogP contribution in [-0.2, 0) is 0 Å². The number of rotatable bonds is 7. The Morgan fingerprint density at radius 2 is 1.72 bits per heavy atom. The molecule has 0 amide bonds. The van der Waals surface area contributed by atoms with Gasteiger partial charge in [-0.15, -0.1) is 11.3 Å². The van der Waals surface area contributed by atoms with E-state index in [2.05, 4.69) is 10.1 Å². The molecule has 2 heterocycles. The van der Waals surface area contributed by atoms with E-state index in [-0.39, 0.29) is 5.82 Å². The number of aromatic nitrogens is 1. The fourth-order valence-corrected chi connectivity index (χ4v) is 3.88. The first-order valence-corrected chi connectivity index (χ1v) is 10.4. The highest BCUT2D eigenvalue weighted by atomic mass is 32.1. The van der Waals surface area contributed by atoms with E-state index in [1.165, 1.54) is 23.5 Å². The zero-order valence-electron chi connectivity index (χ0n) is 17.6. The standard InChI is InChI=1S/C23H20FN3O4S/c1-28-20-11-15(12-21(29-2)22(20)30-3)19-14-32-23(26-17-8-6-16(24)7-9-17)27(19)25-13-18-5-4-10-31-18/h4-14H,1-3H3. The summed E-state index contributed by atoms with van der Waals surface area (Å²) in [6.07, 6.45) is 3.17. The first-order valence-electron chi connectivity index (χ1n) is 9.52. The quantitative estimate of drug-likeness (QED) is 0.366. The molecule has 164 valence electrons. The maximum absolute atomic E-state index is 13.3. The molecule has 0 saturated carbocycles. The molecular weight excluding hydrogens is 433 g/mol. The highest BCUT2D eigenvalue weighted by Crippen LogP contribution is 2.41. The molecule has 0 fully saturated rings. The summed E-state index contributed by atoms with van der Waals surface area (Å²) in [4.78, 5) is 5.22. The van der Waals surface area contributed by atoms with E-state index in [0.717, 1.165) is 11.3 Å². The molecule has 2 aromatic heterocycles. The van der Waals surface area contributed by atoms with E-state index in [4.69, 9.17) is 18.6 Å². The number of benzene rings is 2. The third kappa shape index (κ3) is 4.42. The summed E-state index contributed by atoms with van der Waals surface area (Å²) in [6, 6.07) is 13.2. The van der Waals surface area contributed by atoms with Crippen molar-refractivity contribution in [3.8, 4) is 28.5 Å². The number of furan rings is 1. The van der Waals surface area contributed by atoms with Crippen LogP contribution >= 0.6 is 11.3 Å². The highest BCUT2D eigenvalue weighted by Gasteiger charge is 2.17. The summed E-state index contributed by atoms with van der Waals surface area (Å²) in [5.74, 6) is 1.80. The summed E-state index contributed by atoms with van der Waals surface area (Å²) in [5, 5.41) is 6.50. The molecule has 4 aromatic rings. The fourth-order valence-electron chi connectivity index (χ4n) is 3.02. The average Bonchev–Trinajstić information content (AvgIpc) is 3.48. The lowest BCUT2D eigenvalue weighted by molar-refractivity contribution is 0.324. The van der Waals surface area contributed by atoms with Crippen LogP contribution in [0.15, 0.2) is 74.7 Å². The van der Waals surface area contributed by atoms with E-state index in [1.807, 2.05) is 17.5 Å².